The first kappa shape index (κ1) is 19.2. The van der Waals surface area contributed by atoms with E-state index in [9.17, 15) is 13.2 Å². The standard InChI is InChI=1S/C17H19ClN2O4S/c1-12-9-15(7-8-16(12)18)25(22,23)20-11-17(21)19-10-13-3-5-14(24-2)6-4-13/h3-9,20H,10-11H2,1-2H3,(H,19,21). The Bertz CT molecular complexity index is 851. The Morgan fingerprint density at radius 2 is 1.84 bits per heavy atom. The topological polar surface area (TPSA) is 84.5 Å². The summed E-state index contributed by atoms with van der Waals surface area (Å²) in [5, 5.41) is 3.14. The smallest absolute Gasteiger partial charge is 0.241 e. The van der Waals surface area contributed by atoms with Crippen LogP contribution in [0.1, 0.15) is 11.1 Å². The molecule has 0 saturated carbocycles. The van der Waals surface area contributed by atoms with Crippen LogP contribution in [0, 0.1) is 6.92 Å². The van der Waals surface area contributed by atoms with E-state index in [1.807, 2.05) is 12.1 Å². The number of rotatable bonds is 7. The molecule has 0 bridgehead atoms. The molecule has 0 saturated heterocycles. The van der Waals surface area contributed by atoms with E-state index in [0.29, 0.717) is 17.1 Å². The van der Waals surface area contributed by atoms with E-state index in [1.165, 1.54) is 18.2 Å². The van der Waals surface area contributed by atoms with Crippen LogP contribution in [-0.2, 0) is 21.4 Å². The predicted octanol–water partition coefficient (Wildman–Crippen LogP) is 2.25. The number of sulfonamides is 1. The van der Waals surface area contributed by atoms with Crippen LogP contribution < -0.4 is 14.8 Å². The molecule has 0 spiro atoms. The number of amides is 1. The van der Waals surface area contributed by atoms with Gasteiger partial charge in [-0.3, -0.25) is 4.79 Å². The third-order valence-corrected chi connectivity index (χ3v) is 5.33. The minimum atomic E-state index is -3.77. The summed E-state index contributed by atoms with van der Waals surface area (Å²) < 4.78 is 31.7. The summed E-state index contributed by atoms with van der Waals surface area (Å²) in [6.45, 7) is 1.66. The Morgan fingerprint density at radius 3 is 2.44 bits per heavy atom. The highest BCUT2D eigenvalue weighted by Crippen LogP contribution is 2.19. The van der Waals surface area contributed by atoms with Gasteiger partial charge in [0.15, 0.2) is 0 Å². The molecule has 6 nitrogen and oxygen atoms in total. The van der Waals surface area contributed by atoms with Gasteiger partial charge in [-0.2, -0.15) is 0 Å². The average molecular weight is 383 g/mol. The Balaban J connectivity index is 1.88. The summed E-state index contributed by atoms with van der Waals surface area (Å²) in [5.74, 6) is 0.297. The predicted molar refractivity (Wildman–Crippen MR) is 96.2 cm³/mol. The Labute approximate surface area is 152 Å². The number of nitrogens with one attached hydrogen (secondary N) is 2. The lowest BCUT2D eigenvalue weighted by atomic mass is 10.2. The maximum absolute atomic E-state index is 12.2. The molecule has 25 heavy (non-hydrogen) atoms. The van der Waals surface area contributed by atoms with Crippen molar-refractivity contribution in [2.24, 2.45) is 0 Å². The van der Waals surface area contributed by atoms with Crippen LogP contribution in [0.3, 0.4) is 0 Å². The molecule has 0 unspecified atom stereocenters. The molecule has 0 radical (unpaired) electrons. The zero-order valence-corrected chi connectivity index (χ0v) is 15.4. The Kier molecular flexibility index (Phi) is 6.41. The van der Waals surface area contributed by atoms with Crippen molar-refractivity contribution in [2.45, 2.75) is 18.4 Å². The maximum atomic E-state index is 12.2. The minimum absolute atomic E-state index is 0.0670. The van der Waals surface area contributed by atoms with E-state index in [-0.39, 0.29) is 11.4 Å². The average Bonchev–Trinajstić information content (AvgIpc) is 2.61. The summed E-state index contributed by atoms with van der Waals surface area (Å²) in [5.41, 5.74) is 1.53. The van der Waals surface area contributed by atoms with Crippen molar-refractivity contribution in [3.05, 3.63) is 58.6 Å². The molecule has 2 rings (SSSR count). The molecule has 0 aliphatic heterocycles. The van der Waals surface area contributed by atoms with Gasteiger partial charge in [0.25, 0.3) is 0 Å². The fourth-order valence-electron chi connectivity index (χ4n) is 2.03. The van der Waals surface area contributed by atoms with Gasteiger partial charge >= 0.3 is 0 Å². The van der Waals surface area contributed by atoms with Gasteiger partial charge in [0.1, 0.15) is 5.75 Å². The van der Waals surface area contributed by atoms with Crippen LogP contribution >= 0.6 is 11.6 Å². The number of benzene rings is 2. The van der Waals surface area contributed by atoms with E-state index < -0.39 is 15.9 Å². The van der Waals surface area contributed by atoms with Crippen molar-refractivity contribution in [2.75, 3.05) is 13.7 Å². The van der Waals surface area contributed by atoms with Crippen LogP contribution in [0.4, 0.5) is 0 Å². The van der Waals surface area contributed by atoms with Gasteiger partial charge in [-0.25, -0.2) is 13.1 Å². The number of aryl methyl sites for hydroxylation is 1. The van der Waals surface area contributed by atoms with Crippen LogP contribution in [0.25, 0.3) is 0 Å². The lowest BCUT2D eigenvalue weighted by Crippen LogP contribution is -2.36. The van der Waals surface area contributed by atoms with E-state index in [2.05, 4.69) is 10.0 Å². The summed E-state index contributed by atoms with van der Waals surface area (Å²) in [7, 11) is -2.20. The van der Waals surface area contributed by atoms with Crippen LogP contribution in [0.5, 0.6) is 5.75 Å². The van der Waals surface area contributed by atoms with E-state index in [4.69, 9.17) is 16.3 Å². The van der Waals surface area contributed by atoms with E-state index in [0.717, 1.165) is 11.3 Å². The van der Waals surface area contributed by atoms with Crippen LogP contribution in [0.2, 0.25) is 5.02 Å². The molecular weight excluding hydrogens is 364 g/mol. The number of halogens is 1. The fourth-order valence-corrected chi connectivity index (χ4v) is 3.22. The van der Waals surface area contributed by atoms with Crippen LogP contribution in [0.15, 0.2) is 47.4 Å². The van der Waals surface area contributed by atoms with Crippen molar-refractivity contribution in [3.8, 4) is 5.75 Å². The first-order valence-electron chi connectivity index (χ1n) is 7.47. The third-order valence-electron chi connectivity index (χ3n) is 3.51. The number of hydrogen-bond acceptors (Lipinski definition) is 4. The number of ether oxygens (including phenoxy) is 1. The molecule has 0 aliphatic rings. The number of methoxy groups -OCH3 is 1. The first-order chi connectivity index (χ1) is 11.8. The van der Waals surface area contributed by atoms with Gasteiger partial charge < -0.3 is 10.1 Å². The van der Waals surface area contributed by atoms with E-state index >= 15 is 0 Å². The van der Waals surface area contributed by atoms with Crippen molar-refractivity contribution < 1.29 is 17.9 Å². The van der Waals surface area contributed by atoms with Gasteiger partial charge in [-0.1, -0.05) is 23.7 Å². The number of carbonyl (C=O) groups is 1. The third kappa shape index (κ3) is 5.45. The van der Waals surface area contributed by atoms with Gasteiger partial charge in [-0.05, 0) is 48.4 Å². The Morgan fingerprint density at radius 1 is 1.16 bits per heavy atom. The quantitative estimate of drug-likeness (QED) is 0.769. The molecule has 0 atom stereocenters. The molecule has 2 aromatic rings. The second kappa shape index (κ2) is 8.33. The SMILES string of the molecule is COc1ccc(CNC(=O)CNS(=O)(=O)c2ccc(Cl)c(C)c2)cc1. The summed E-state index contributed by atoms with van der Waals surface area (Å²) in [4.78, 5) is 11.9. The molecule has 0 aliphatic carbocycles. The zero-order chi connectivity index (χ0) is 18.4. The van der Waals surface area contributed by atoms with Crippen molar-refractivity contribution in [1.29, 1.82) is 0 Å². The van der Waals surface area contributed by atoms with Crippen LogP contribution in [-0.4, -0.2) is 28.0 Å². The number of hydrogen-bond donors (Lipinski definition) is 2. The summed E-state index contributed by atoms with van der Waals surface area (Å²) in [6.07, 6.45) is 0. The molecule has 8 heteroatoms. The highest BCUT2D eigenvalue weighted by molar-refractivity contribution is 7.89. The number of carbonyl (C=O) groups excluding carboxylic acids is 1. The van der Waals surface area contributed by atoms with Gasteiger partial charge in [-0.15, -0.1) is 0 Å². The maximum Gasteiger partial charge on any atom is 0.241 e. The van der Waals surface area contributed by atoms with Crippen molar-refractivity contribution in [1.82, 2.24) is 10.0 Å². The molecule has 1 amide bonds. The highest BCUT2D eigenvalue weighted by atomic mass is 35.5. The lowest BCUT2D eigenvalue weighted by molar-refractivity contribution is -0.120. The van der Waals surface area contributed by atoms with E-state index in [1.54, 1.807) is 26.2 Å². The molecular formula is C17H19ClN2O4S. The van der Waals surface area contributed by atoms with Gasteiger partial charge in [0, 0.05) is 11.6 Å². The van der Waals surface area contributed by atoms with Gasteiger partial charge in [0.05, 0.1) is 18.6 Å². The molecule has 2 aromatic carbocycles. The monoisotopic (exact) mass is 382 g/mol. The molecule has 0 heterocycles. The van der Waals surface area contributed by atoms with Crippen molar-refractivity contribution >= 4 is 27.5 Å². The molecule has 0 fully saturated rings. The molecule has 134 valence electrons. The lowest BCUT2D eigenvalue weighted by Gasteiger charge is -2.09. The normalized spacial score (nSPS) is 11.2. The summed E-state index contributed by atoms with van der Waals surface area (Å²) in [6, 6.07) is 11.6. The molecule has 0 aromatic heterocycles. The zero-order valence-electron chi connectivity index (χ0n) is 13.9. The minimum Gasteiger partial charge on any atom is -0.497 e. The fraction of sp³-hybridized carbons (Fsp3) is 0.235. The second-order valence-electron chi connectivity index (χ2n) is 5.36. The Hall–Kier alpha value is -2.09. The van der Waals surface area contributed by atoms with Crippen molar-refractivity contribution in [3.63, 3.8) is 0 Å². The second-order valence-corrected chi connectivity index (χ2v) is 7.53. The molecule has 2 N–H and O–H groups in total. The largest absolute Gasteiger partial charge is 0.497 e. The summed E-state index contributed by atoms with van der Waals surface area (Å²) >= 11 is 5.89. The van der Waals surface area contributed by atoms with Gasteiger partial charge in [0.2, 0.25) is 15.9 Å². The first-order valence-corrected chi connectivity index (χ1v) is 9.33. The highest BCUT2D eigenvalue weighted by Gasteiger charge is 2.16.